The number of carbonyl (C=O) groups is 3. The average Bonchev–Trinajstić information content (AvgIpc) is 3.18. The van der Waals surface area contributed by atoms with Crippen LogP contribution in [-0.2, 0) is 23.9 Å². The number of nitrogens with one attached hydrogen (secondary N) is 1. The molecule has 1 amide bonds. The monoisotopic (exact) mass is 793 g/mol. The van der Waals surface area contributed by atoms with Crippen molar-refractivity contribution in [2.75, 3.05) is 39.5 Å². The summed E-state index contributed by atoms with van der Waals surface area (Å²) in [6, 6.07) is 0. The zero-order valence-electron chi connectivity index (χ0n) is 36.4. The predicted molar refractivity (Wildman–Crippen MR) is 232 cm³/mol. The van der Waals surface area contributed by atoms with Crippen LogP contribution in [0.4, 0.5) is 0 Å². The number of esters is 2. The molecule has 56 heavy (non-hydrogen) atoms. The van der Waals surface area contributed by atoms with E-state index in [0.29, 0.717) is 32.5 Å². The zero-order valence-corrected chi connectivity index (χ0v) is 36.4. The summed E-state index contributed by atoms with van der Waals surface area (Å²) < 4.78 is 11.1. The largest absolute Gasteiger partial charge is 0.465 e. The summed E-state index contributed by atoms with van der Waals surface area (Å²) in [7, 11) is 0. The lowest BCUT2D eigenvalue weighted by Gasteiger charge is -2.21. The van der Waals surface area contributed by atoms with Gasteiger partial charge in [-0.3, -0.25) is 19.3 Å². The maximum absolute atomic E-state index is 12.8. The van der Waals surface area contributed by atoms with Gasteiger partial charge in [-0.25, -0.2) is 0 Å². The first-order valence-electron chi connectivity index (χ1n) is 23.3. The van der Waals surface area contributed by atoms with E-state index >= 15 is 0 Å². The van der Waals surface area contributed by atoms with Crippen LogP contribution >= 0.6 is 0 Å². The molecule has 1 atom stereocenters. The first-order chi connectivity index (χ1) is 27.5. The number of ether oxygens (including phenoxy) is 2. The Morgan fingerprint density at radius 3 is 1.38 bits per heavy atom. The summed E-state index contributed by atoms with van der Waals surface area (Å²) in [5, 5.41) is 21.3. The molecule has 0 heterocycles. The maximum Gasteiger partial charge on any atom is 0.307 e. The highest BCUT2D eigenvalue weighted by Crippen LogP contribution is 2.13. The van der Waals surface area contributed by atoms with E-state index in [-0.39, 0.29) is 56.9 Å². The second-order valence-electron chi connectivity index (χ2n) is 15.6. The number of aliphatic hydroxyl groups excluding tert-OH is 2. The summed E-state index contributed by atoms with van der Waals surface area (Å²) in [4.78, 5) is 39.8. The second-order valence-corrected chi connectivity index (χ2v) is 15.6. The quantitative estimate of drug-likeness (QED) is 0.0241. The Morgan fingerprint density at radius 1 is 0.518 bits per heavy atom. The van der Waals surface area contributed by atoms with Crippen molar-refractivity contribution in [1.29, 1.82) is 0 Å². The molecule has 1 unspecified atom stereocenters. The molecule has 0 saturated carbocycles. The molecule has 0 aromatic heterocycles. The van der Waals surface area contributed by atoms with E-state index in [1.54, 1.807) is 0 Å². The van der Waals surface area contributed by atoms with Crippen molar-refractivity contribution in [3.05, 3.63) is 24.3 Å². The third kappa shape index (κ3) is 40.0. The van der Waals surface area contributed by atoms with Crippen LogP contribution in [0.5, 0.6) is 0 Å². The number of carbonyl (C=O) groups excluding carboxylic acids is 3. The molecule has 0 saturated heterocycles. The van der Waals surface area contributed by atoms with E-state index in [9.17, 15) is 24.6 Å². The molecular formula is C47H88N2O7. The first-order valence-corrected chi connectivity index (χ1v) is 23.3. The topological polar surface area (TPSA) is 125 Å². The molecule has 0 aromatic carbocycles. The summed E-state index contributed by atoms with van der Waals surface area (Å²) in [5.41, 5.74) is 0. The van der Waals surface area contributed by atoms with Crippen molar-refractivity contribution < 1.29 is 34.1 Å². The number of unbranched alkanes of at least 4 members (excludes halogenated alkanes) is 22. The van der Waals surface area contributed by atoms with Gasteiger partial charge in [0.05, 0.1) is 19.8 Å². The zero-order chi connectivity index (χ0) is 41.0. The summed E-state index contributed by atoms with van der Waals surface area (Å²) in [6.07, 6.45) is 41.0. The molecule has 9 heteroatoms. The molecular weight excluding hydrogens is 705 g/mol. The summed E-state index contributed by atoms with van der Waals surface area (Å²) >= 11 is 0. The van der Waals surface area contributed by atoms with Gasteiger partial charge < -0.3 is 25.0 Å². The van der Waals surface area contributed by atoms with E-state index in [4.69, 9.17) is 9.47 Å². The van der Waals surface area contributed by atoms with Gasteiger partial charge in [-0.2, -0.15) is 0 Å². The van der Waals surface area contributed by atoms with Gasteiger partial charge in [0.15, 0.2) is 6.23 Å². The van der Waals surface area contributed by atoms with Gasteiger partial charge >= 0.3 is 11.9 Å². The molecule has 0 aliphatic rings. The van der Waals surface area contributed by atoms with E-state index in [1.165, 1.54) is 109 Å². The predicted octanol–water partition coefficient (Wildman–Crippen LogP) is 11.0. The molecule has 0 spiro atoms. The van der Waals surface area contributed by atoms with Gasteiger partial charge in [0.1, 0.15) is 0 Å². The molecule has 0 aromatic rings. The standard InChI is InChI=1S/C47H88N2O7/c1-3-5-7-9-11-13-15-17-19-21-23-25-27-29-31-35-46(53)55-43-37-45(48-44(52)34-33-38-49(39-41-50)40-42-51)56-47(54)36-32-30-28-26-24-22-20-18-16-14-12-10-8-6-4-2/h17-20,45,50-51H,3-16,21-43H2,1-2H3,(H,48,52). The van der Waals surface area contributed by atoms with E-state index in [2.05, 4.69) is 43.5 Å². The Morgan fingerprint density at radius 2 is 0.929 bits per heavy atom. The lowest BCUT2D eigenvalue weighted by Crippen LogP contribution is -2.39. The van der Waals surface area contributed by atoms with Crippen molar-refractivity contribution in [3.8, 4) is 0 Å². The van der Waals surface area contributed by atoms with Crippen LogP contribution in [0, 0.1) is 0 Å². The summed E-state index contributed by atoms with van der Waals surface area (Å²) in [5.74, 6) is -0.874. The Balaban J connectivity index is 4.37. The minimum atomic E-state index is -0.864. The molecule has 0 aliphatic heterocycles. The van der Waals surface area contributed by atoms with Crippen molar-refractivity contribution in [3.63, 3.8) is 0 Å². The van der Waals surface area contributed by atoms with Crippen molar-refractivity contribution in [1.82, 2.24) is 10.2 Å². The van der Waals surface area contributed by atoms with Gasteiger partial charge in [-0.1, -0.05) is 141 Å². The van der Waals surface area contributed by atoms with Crippen LogP contribution in [0.15, 0.2) is 24.3 Å². The SMILES string of the molecule is CCCCCCCCC=CCCCCCCCC(=O)OCCC(NC(=O)CCCN(CCO)CCO)OC(=O)CCCCCCCC=CCCCCCCCC. The third-order valence-corrected chi connectivity index (χ3v) is 10.2. The highest BCUT2D eigenvalue weighted by Gasteiger charge is 2.18. The number of aliphatic hydroxyl groups is 2. The van der Waals surface area contributed by atoms with Gasteiger partial charge in [0, 0.05) is 38.8 Å². The number of allylic oxidation sites excluding steroid dienone is 4. The molecule has 0 bridgehead atoms. The Kier molecular flexibility index (Phi) is 42.1. The highest BCUT2D eigenvalue weighted by atomic mass is 16.6. The van der Waals surface area contributed by atoms with Gasteiger partial charge in [-0.05, 0) is 77.2 Å². The van der Waals surface area contributed by atoms with Crippen LogP contribution in [0.1, 0.15) is 213 Å². The van der Waals surface area contributed by atoms with Crippen molar-refractivity contribution in [2.24, 2.45) is 0 Å². The minimum Gasteiger partial charge on any atom is -0.465 e. The molecule has 3 N–H and O–H groups in total. The van der Waals surface area contributed by atoms with E-state index in [1.807, 2.05) is 4.90 Å². The van der Waals surface area contributed by atoms with Crippen molar-refractivity contribution in [2.45, 2.75) is 219 Å². The lowest BCUT2D eigenvalue weighted by molar-refractivity contribution is -0.154. The Labute approximate surface area is 344 Å². The molecule has 0 rings (SSSR count). The van der Waals surface area contributed by atoms with E-state index in [0.717, 1.165) is 57.8 Å². The second kappa shape index (κ2) is 43.9. The van der Waals surface area contributed by atoms with Crippen LogP contribution in [-0.4, -0.2) is 78.6 Å². The number of rotatable bonds is 43. The third-order valence-electron chi connectivity index (χ3n) is 10.2. The Bertz CT molecular complexity index is 935. The smallest absolute Gasteiger partial charge is 0.307 e. The van der Waals surface area contributed by atoms with Crippen LogP contribution in [0.3, 0.4) is 0 Å². The summed E-state index contributed by atoms with van der Waals surface area (Å²) in [6.45, 7) is 5.96. The molecule has 0 aliphatic carbocycles. The average molecular weight is 793 g/mol. The highest BCUT2D eigenvalue weighted by molar-refractivity contribution is 5.76. The number of hydrogen-bond donors (Lipinski definition) is 3. The maximum atomic E-state index is 12.8. The van der Waals surface area contributed by atoms with Crippen molar-refractivity contribution >= 4 is 17.8 Å². The van der Waals surface area contributed by atoms with Crippen LogP contribution in [0.25, 0.3) is 0 Å². The molecule has 0 radical (unpaired) electrons. The van der Waals surface area contributed by atoms with Crippen LogP contribution < -0.4 is 5.32 Å². The minimum absolute atomic E-state index is 0.0170. The fraction of sp³-hybridized carbons (Fsp3) is 0.851. The molecule has 328 valence electrons. The van der Waals surface area contributed by atoms with E-state index < -0.39 is 6.23 Å². The first kappa shape index (κ1) is 53.8. The van der Waals surface area contributed by atoms with Gasteiger partial charge in [0.2, 0.25) is 5.91 Å². The molecule has 0 fully saturated rings. The fourth-order valence-electron chi connectivity index (χ4n) is 6.74. The molecule has 9 nitrogen and oxygen atoms in total. The number of nitrogens with zero attached hydrogens (tertiary/aromatic N) is 1. The van der Waals surface area contributed by atoms with Crippen LogP contribution in [0.2, 0.25) is 0 Å². The number of hydrogen-bond acceptors (Lipinski definition) is 8. The lowest BCUT2D eigenvalue weighted by atomic mass is 10.1. The van der Waals surface area contributed by atoms with Gasteiger partial charge in [0.25, 0.3) is 0 Å². The Hall–Kier alpha value is -2.23. The van der Waals surface area contributed by atoms with Gasteiger partial charge in [-0.15, -0.1) is 0 Å². The number of amides is 1. The fourth-order valence-corrected chi connectivity index (χ4v) is 6.74. The normalized spacial score (nSPS) is 12.2.